The highest BCUT2D eigenvalue weighted by atomic mass is 16.4. The summed E-state index contributed by atoms with van der Waals surface area (Å²) in [5.41, 5.74) is 2.75. The van der Waals surface area contributed by atoms with Crippen molar-refractivity contribution in [1.82, 2.24) is 15.0 Å². The predicted octanol–water partition coefficient (Wildman–Crippen LogP) is 2.34. The van der Waals surface area contributed by atoms with Gasteiger partial charge in [-0.25, -0.2) is 9.97 Å². The monoisotopic (exact) mass is 268 g/mol. The Labute approximate surface area is 114 Å². The largest absolute Gasteiger partial charge is 0.423 e. The Kier molecular flexibility index (Phi) is 2.35. The Morgan fingerprint density at radius 2 is 2.25 bits per heavy atom. The Balaban J connectivity index is 1.71. The summed E-state index contributed by atoms with van der Waals surface area (Å²) in [6, 6.07) is 6.20. The van der Waals surface area contributed by atoms with E-state index in [2.05, 4.69) is 15.0 Å². The lowest BCUT2D eigenvalue weighted by atomic mass is 10.1. The van der Waals surface area contributed by atoms with Gasteiger partial charge in [-0.1, -0.05) is 0 Å². The lowest BCUT2D eigenvalue weighted by Gasteiger charge is -2.08. The standard InChI is InChI=1S/C14H12N4O2/c19-13-2-1-5-18(13)14-15-7-12(20-14)9-3-4-10-11(6-9)17-8-16-10/h3-4,6-8H,1-2,5H2,(H,16,17). The first-order valence-electron chi connectivity index (χ1n) is 6.51. The first-order chi connectivity index (χ1) is 9.81. The third-order valence-corrected chi connectivity index (χ3v) is 3.50. The molecule has 1 N–H and O–H groups in total. The van der Waals surface area contributed by atoms with E-state index in [4.69, 9.17) is 4.42 Å². The molecule has 1 aromatic carbocycles. The number of aromatic nitrogens is 3. The molecule has 100 valence electrons. The zero-order valence-corrected chi connectivity index (χ0v) is 10.7. The Hall–Kier alpha value is -2.63. The molecular weight excluding hydrogens is 256 g/mol. The number of hydrogen-bond acceptors (Lipinski definition) is 4. The summed E-state index contributed by atoms with van der Waals surface area (Å²) in [5, 5.41) is 0. The lowest BCUT2D eigenvalue weighted by Crippen LogP contribution is -2.23. The summed E-state index contributed by atoms with van der Waals surface area (Å²) in [5.74, 6) is 0.714. The molecule has 1 aliphatic heterocycles. The SMILES string of the molecule is O=C1CCCN1c1ncc(-c2ccc3[nH]cnc3c2)o1. The number of H-pyrrole nitrogens is 1. The van der Waals surface area contributed by atoms with E-state index in [1.54, 1.807) is 17.4 Å². The molecule has 1 saturated heterocycles. The predicted molar refractivity (Wildman–Crippen MR) is 73.2 cm³/mol. The van der Waals surface area contributed by atoms with Crippen molar-refractivity contribution < 1.29 is 9.21 Å². The lowest BCUT2D eigenvalue weighted by molar-refractivity contribution is -0.117. The minimum atomic E-state index is 0.0705. The van der Waals surface area contributed by atoms with Crippen LogP contribution in [0.3, 0.4) is 0 Å². The molecule has 0 aliphatic carbocycles. The Morgan fingerprint density at radius 3 is 3.10 bits per heavy atom. The number of aromatic amines is 1. The molecule has 2 aromatic heterocycles. The van der Waals surface area contributed by atoms with Crippen LogP contribution in [0.2, 0.25) is 0 Å². The average molecular weight is 268 g/mol. The normalized spacial score (nSPS) is 15.4. The molecule has 1 amide bonds. The number of nitrogens with zero attached hydrogens (tertiary/aromatic N) is 3. The number of amides is 1. The van der Waals surface area contributed by atoms with E-state index in [1.165, 1.54) is 0 Å². The number of oxazole rings is 1. The van der Waals surface area contributed by atoms with Crippen molar-refractivity contribution in [3.05, 3.63) is 30.7 Å². The molecular formula is C14H12N4O2. The van der Waals surface area contributed by atoms with E-state index in [9.17, 15) is 4.79 Å². The molecule has 0 spiro atoms. The van der Waals surface area contributed by atoms with Crippen LogP contribution in [0, 0.1) is 0 Å². The van der Waals surface area contributed by atoms with Gasteiger partial charge >= 0.3 is 6.01 Å². The number of anilines is 1. The van der Waals surface area contributed by atoms with Gasteiger partial charge in [-0.05, 0) is 24.6 Å². The molecule has 0 bridgehead atoms. The third kappa shape index (κ3) is 1.69. The van der Waals surface area contributed by atoms with E-state index in [0.29, 0.717) is 24.7 Å². The van der Waals surface area contributed by atoms with E-state index < -0.39 is 0 Å². The van der Waals surface area contributed by atoms with Crippen molar-refractivity contribution >= 4 is 23.0 Å². The fraction of sp³-hybridized carbons (Fsp3) is 0.214. The van der Waals surface area contributed by atoms with Crippen LogP contribution in [0.25, 0.3) is 22.4 Å². The van der Waals surface area contributed by atoms with Crippen LogP contribution in [0.5, 0.6) is 0 Å². The molecule has 3 heterocycles. The zero-order valence-electron chi connectivity index (χ0n) is 10.7. The average Bonchev–Trinajstić information content (AvgIpc) is 3.17. The molecule has 1 fully saturated rings. The van der Waals surface area contributed by atoms with Crippen LogP contribution < -0.4 is 4.90 Å². The minimum Gasteiger partial charge on any atom is -0.423 e. The maximum absolute atomic E-state index is 11.7. The summed E-state index contributed by atoms with van der Waals surface area (Å²) in [4.78, 5) is 24.7. The van der Waals surface area contributed by atoms with Gasteiger partial charge in [-0.2, -0.15) is 0 Å². The third-order valence-electron chi connectivity index (χ3n) is 3.50. The number of benzene rings is 1. The van der Waals surface area contributed by atoms with Crippen molar-refractivity contribution in [2.45, 2.75) is 12.8 Å². The van der Waals surface area contributed by atoms with Crippen LogP contribution in [0.1, 0.15) is 12.8 Å². The van der Waals surface area contributed by atoms with Crippen LogP contribution in [0.15, 0.2) is 35.1 Å². The second-order valence-corrected chi connectivity index (χ2v) is 4.79. The van der Waals surface area contributed by atoms with Gasteiger partial charge in [0, 0.05) is 18.5 Å². The molecule has 0 radical (unpaired) electrons. The molecule has 4 rings (SSSR count). The second-order valence-electron chi connectivity index (χ2n) is 4.79. The van der Waals surface area contributed by atoms with Crippen LogP contribution >= 0.6 is 0 Å². The molecule has 20 heavy (non-hydrogen) atoms. The van der Waals surface area contributed by atoms with Gasteiger partial charge in [0.1, 0.15) is 0 Å². The second kappa shape index (κ2) is 4.19. The Morgan fingerprint density at radius 1 is 1.30 bits per heavy atom. The van der Waals surface area contributed by atoms with Crippen LogP contribution in [-0.2, 0) is 4.79 Å². The van der Waals surface area contributed by atoms with E-state index in [1.807, 2.05) is 18.2 Å². The maximum atomic E-state index is 11.7. The van der Waals surface area contributed by atoms with Gasteiger partial charge in [0.25, 0.3) is 0 Å². The molecule has 0 unspecified atom stereocenters. The topological polar surface area (TPSA) is 75.0 Å². The molecule has 3 aromatic rings. The molecule has 6 heteroatoms. The van der Waals surface area contributed by atoms with Gasteiger partial charge in [0.05, 0.1) is 23.6 Å². The number of hydrogen-bond donors (Lipinski definition) is 1. The summed E-state index contributed by atoms with van der Waals surface area (Å²) < 4.78 is 5.71. The number of imidazole rings is 1. The molecule has 6 nitrogen and oxygen atoms in total. The molecule has 0 saturated carbocycles. The summed E-state index contributed by atoms with van der Waals surface area (Å²) in [6.07, 6.45) is 4.73. The fourth-order valence-corrected chi connectivity index (χ4v) is 2.46. The van der Waals surface area contributed by atoms with E-state index >= 15 is 0 Å². The number of rotatable bonds is 2. The van der Waals surface area contributed by atoms with Crippen molar-refractivity contribution in [1.29, 1.82) is 0 Å². The van der Waals surface area contributed by atoms with Gasteiger partial charge in [0.2, 0.25) is 5.91 Å². The Bertz CT molecular complexity index is 789. The first-order valence-corrected chi connectivity index (χ1v) is 6.51. The number of carbonyl (C=O) groups excluding carboxylic acids is 1. The zero-order chi connectivity index (χ0) is 13.5. The van der Waals surface area contributed by atoms with Crippen LogP contribution in [-0.4, -0.2) is 27.4 Å². The fourth-order valence-electron chi connectivity index (χ4n) is 2.46. The van der Waals surface area contributed by atoms with Crippen molar-refractivity contribution in [2.24, 2.45) is 0 Å². The maximum Gasteiger partial charge on any atom is 0.304 e. The first kappa shape index (κ1) is 11.2. The van der Waals surface area contributed by atoms with Crippen molar-refractivity contribution in [3.8, 4) is 11.3 Å². The minimum absolute atomic E-state index is 0.0705. The number of fused-ring (bicyclic) bond motifs is 1. The molecule has 0 atom stereocenters. The highest BCUT2D eigenvalue weighted by Gasteiger charge is 2.25. The number of nitrogens with one attached hydrogen (secondary N) is 1. The van der Waals surface area contributed by atoms with E-state index in [0.717, 1.165) is 23.0 Å². The quantitative estimate of drug-likeness (QED) is 0.774. The summed E-state index contributed by atoms with van der Waals surface area (Å²) >= 11 is 0. The van der Waals surface area contributed by atoms with Gasteiger partial charge in [0.15, 0.2) is 5.76 Å². The van der Waals surface area contributed by atoms with Crippen molar-refractivity contribution in [3.63, 3.8) is 0 Å². The summed E-state index contributed by atoms with van der Waals surface area (Å²) in [7, 11) is 0. The van der Waals surface area contributed by atoms with E-state index in [-0.39, 0.29) is 5.91 Å². The highest BCUT2D eigenvalue weighted by Crippen LogP contribution is 2.28. The van der Waals surface area contributed by atoms with Crippen LogP contribution in [0.4, 0.5) is 6.01 Å². The highest BCUT2D eigenvalue weighted by molar-refractivity contribution is 5.93. The summed E-state index contributed by atoms with van der Waals surface area (Å²) in [6.45, 7) is 0.678. The van der Waals surface area contributed by atoms with Crippen molar-refractivity contribution in [2.75, 3.05) is 11.4 Å². The van der Waals surface area contributed by atoms with Gasteiger partial charge < -0.3 is 9.40 Å². The number of carbonyl (C=O) groups is 1. The van der Waals surface area contributed by atoms with Gasteiger partial charge in [-0.3, -0.25) is 9.69 Å². The van der Waals surface area contributed by atoms with Gasteiger partial charge in [-0.15, -0.1) is 0 Å². The smallest absolute Gasteiger partial charge is 0.304 e. The molecule has 1 aliphatic rings.